The van der Waals surface area contributed by atoms with E-state index in [-0.39, 0.29) is 11.6 Å². The minimum absolute atomic E-state index is 0.202. The highest BCUT2D eigenvalue weighted by Gasteiger charge is 2.12. The Kier molecular flexibility index (Phi) is 2.01. The fourth-order valence-electron chi connectivity index (χ4n) is 1.84. The van der Waals surface area contributed by atoms with Crippen molar-refractivity contribution in [3.05, 3.63) is 40.6 Å². The lowest BCUT2D eigenvalue weighted by molar-refractivity contribution is 0.753. The summed E-state index contributed by atoms with van der Waals surface area (Å²) in [5.41, 5.74) is 1.15. The van der Waals surface area contributed by atoms with Gasteiger partial charge in [0.15, 0.2) is 11.5 Å². The first-order chi connectivity index (χ1) is 8.16. The maximum atomic E-state index is 11.8. The number of rotatable bonds is 1. The second-order valence-corrected chi connectivity index (χ2v) is 4.34. The van der Waals surface area contributed by atoms with Crippen molar-refractivity contribution in [3.63, 3.8) is 0 Å². The summed E-state index contributed by atoms with van der Waals surface area (Å²) >= 11 is 0. The van der Waals surface area contributed by atoms with Crippen LogP contribution in [0.4, 0.5) is 0 Å². The average Bonchev–Trinajstić information content (AvgIpc) is 2.75. The van der Waals surface area contributed by atoms with Gasteiger partial charge in [-0.1, -0.05) is 26.0 Å². The van der Waals surface area contributed by atoms with Crippen molar-refractivity contribution in [2.24, 2.45) is 0 Å². The monoisotopic (exact) mass is 228 g/mol. The third kappa shape index (κ3) is 1.43. The Bertz CT molecular complexity index is 754. The van der Waals surface area contributed by atoms with Gasteiger partial charge in [0.25, 0.3) is 0 Å². The lowest BCUT2D eigenvalue weighted by Gasteiger charge is -1.97. The van der Waals surface area contributed by atoms with Crippen LogP contribution in [0.2, 0.25) is 0 Å². The van der Waals surface area contributed by atoms with Gasteiger partial charge in [0.1, 0.15) is 0 Å². The number of nitrogens with zero attached hydrogens (tertiary/aromatic N) is 3. The molecule has 0 saturated carbocycles. The average molecular weight is 228 g/mol. The van der Waals surface area contributed by atoms with E-state index in [0.717, 1.165) is 10.9 Å². The van der Waals surface area contributed by atoms with Crippen LogP contribution in [0.5, 0.6) is 0 Å². The molecular weight excluding hydrogens is 216 g/mol. The van der Waals surface area contributed by atoms with Gasteiger partial charge in [0.2, 0.25) is 0 Å². The first-order valence-electron chi connectivity index (χ1n) is 5.54. The molecule has 0 aliphatic rings. The SMILES string of the molecule is CC(C)c1nc2c3ccccc3[nH]c(=O)n2n1. The number of aromatic nitrogens is 4. The standard InChI is InChI=1S/C12H12N4O/c1-7(2)10-14-11-8-5-3-4-6-9(8)13-12(17)16(11)15-10/h3-7H,1-2H3,(H,13,17). The zero-order chi connectivity index (χ0) is 12.0. The Balaban J connectivity index is 2.51. The van der Waals surface area contributed by atoms with Crippen LogP contribution in [0, 0.1) is 0 Å². The zero-order valence-corrected chi connectivity index (χ0v) is 9.64. The van der Waals surface area contributed by atoms with E-state index in [0.29, 0.717) is 11.5 Å². The number of aromatic amines is 1. The molecule has 0 saturated heterocycles. The summed E-state index contributed by atoms with van der Waals surface area (Å²) in [5.74, 6) is 0.889. The van der Waals surface area contributed by atoms with Crippen LogP contribution in [0.25, 0.3) is 16.6 Å². The molecule has 0 spiro atoms. The van der Waals surface area contributed by atoms with Crippen LogP contribution < -0.4 is 5.69 Å². The minimum Gasteiger partial charge on any atom is -0.305 e. The maximum absolute atomic E-state index is 11.8. The van der Waals surface area contributed by atoms with E-state index >= 15 is 0 Å². The normalized spacial score (nSPS) is 11.7. The predicted molar refractivity (Wildman–Crippen MR) is 65.2 cm³/mol. The summed E-state index contributed by atoms with van der Waals surface area (Å²) in [4.78, 5) is 19.1. The second-order valence-electron chi connectivity index (χ2n) is 4.34. The molecule has 0 radical (unpaired) electrons. The zero-order valence-electron chi connectivity index (χ0n) is 9.64. The molecule has 1 N–H and O–H groups in total. The Morgan fingerprint density at radius 1 is 1.29 bits per heavy atom. The van der Waals surface area contributed by atoms with Crippen LogP contribution in [0.15, 0.2) is 29.1 Å². The largest absolute Gasteiger partial charge is 0.348 e. The van der Waals surface area contributed by atoms with E-state index in [2.05, 4.69) is 15.1 Å². The van der Waals surface area contributed by atoms with Crippen molar-refractivity contribution in [2.45, 2.75) is 19.8 Å². The van der Waals surface area contributed by atoms with Crippen LogP contribution >= 0.6 is 0 Å². The Morgan fingerprint density at radius 3 is 2.82 bits per heavy atom. The summed E-state index contributed by atoms with van der Waals surface area (Å²) < 4.78 is 1.33. The fraction of sp³-hybridized carbons (Fsp3) is 0.250. The van der Waals surface area contributed by atoms with E-state index < -0.39 is 0 Å². The third-order valence-electron chi connectivity index (χ3n) is 2.74. The number of benzene rings is 1. The molecule has 0 atom stereocenters. The molecule has 5 heteroatoms. The molecule has 5 nitrogen and oxygen atoms in total. The highest BCUT2D eigenvalue weighted by atomic mass is 16.1. The summed E-state index contributed by atoms with van der Waals surface area (Å²) in [7, 11) is 0. The first kappa shape index (κ1) is 10.0. The van der Waals surface area contributed by atoms with Gasteiger partial charge in [-0.25, -0.2) is 9.78 Å². The summed E-state index contributed by atoms with van der Waals surface area (Å²) in [6, 6.07) is 7.60. The Hall–Kier alpha value is -2.17. The molecular formula is C12H12N4O. The van der Waals surface area contributed by atoms with Gasteiger partial charge in [0.05, 0.1) is 5.52 Å². The molecule has 3 aromatic rings. The number of hydrogen-bond acceptors (Lipinski definition) is 3. The lowest BCUT2D eigenvalue weighted by atomic mass is 10.2. The van der Waals surface area contributed by atoms with Gasteiger partial charge in [-0.3, -0.25) is 0 Å². The van der Waals surface area contributed by atoms with Gasteiger partial charge < -0.3 is 4.98 Å². The topological polar surface area (TPSA) is 63.0 Å². The van der Waals surface area contributed by atoms with Crippen LogP contribution in [0.3, 0.4) is 0 Å². The van der Waals surface area contributed by atoms with E-state index in [9.17, 15) is 4.79 Å². The van der Waals surface area contributed by atoms with E-state index in [1.54, 1.807) is 0 Å². The van der Waals surface area contributed by atoms with Crippen molar-refractivity contribution < 1.29 is 0 Å². The third-order valence-corrected chi connectivity index (χ3v) is 2.74. The molecule has 0 fully saturated rings. The van der Waals surface area contributed by atoms with E-state index in [4.69, 9.17) is 0 Å². The molecule has 1 aromatic carbocycles. The van der Waals surface area contributed by atoms with Crippen molar-refractivity contribution >= 4 is 16.6 Å². The molecule has 86 valence electrons. The molecule has 0 amide bonds. The second kappa shape index (κ2) is 3.41. The molecule has 0 bridgehead atoms. The molecule has 3 rings (SSSR count). The van der Waals surface area contributed by atoms with Gasteiger partial charge in [0, 0.05) is 11.3 Å². The predicted octanol–water partition coefficient (Wildman–Crippen LogP) is 1.69. The van der Waals surface area contributed by atoms with Crippen LogP contribution in [0.1, 0.15) is 25.6 Å². The quantitative estimate of drug-likeness (QED) is 0.689. The van der Waals surface area contributed by atoms with Gasteiger partial charge in [-0.2, -0.15) is 4.52 Å². The molecule has 0 aliphatic heterocycles. The highest BCUT2D eigenvalue weighted by molar-refractivity contribution is 5.90. The minimum atomic E-state index is -0.252. The Labute approximate surface area is 97.1 Å². The molecule has 2 aromatic heterocycles. The first-order valence-corrected chi connectivity index (χ1v) is 5.54. The number of H-pyrrole nitrogens is 1. The van der Waals surface area contributed by atoms with Gasteiger partial charge >= 0.3 is 5.69 Å². The smallest absolute Gasteiger partial charge is 0.305 e. The molecule has 17 heavy (non-hydrogen) atoms. The summed E-state index contributed by atoms with van der Waals surface area (Å²) in [5, 5.41) is 5.13. The Morgan fingerprint density at radius 2 is 2.06 bits per heavy atom. The van der Waals surface area contributed by atoms with Gasteiger partial charge in [-0.15, -0.1) is 5.10 Å². The highest BCUT2D eigenvalue weighted by Crippen LogP contribution is 2.16. The van der Waals surface area contributed by atoms with E-state index in [1.165, 1.54) is 4.52 Å². The summed E-state index contributed by atoms with van der Waals surface area (Å²) in [6.07, 6.45) is 0. The lowest BCUT2D eigenvalue weighted by Crippen LogP contribution is -2.17. The van der Waals surface area contributed by atoms with Gasteiger partial charge in [-0.05, 0) is 12.1 Å². The van der Waals surface area contributed by atoms with Crippen LogP contribution in [-0.2, 0) is 0 Å². The van der Waals surface area contributed by atoms with Crippen molar-refractivity contribution in [2.75, 3.05) is 0 Å². The number of para-hydroxylation sites is 1. The number of nitrogens with one attached hydrogen (secondary N) is 1. The summed E-state index contributed by atoms with van der Waals surface area (Å²) in [6.45, 7) is 4.01. The van der Waals surface area contributed by atoms with Crippen molar-refractivity contribution in [1.29, 1.82) is 0 Å². The van der Waals surface area contributed by atoms with Crippen molar-refractivity contribution in [3.8, 4) is 0 Å². The van der Waals surface area contributed by atoms with E-state index in [1.807, 2.05) is 38.1 Å². The molecule has 0 aliphatic carbocycles. The van der Waals surface area contributed by atoms with Crippen LogP contribution in [-0.4, -0.2) is 19.6 Å². The molecule has 2 heterocycles. The van der Waals surface area contributed by atoms with Crippen molar-refractivity contribution in [1.82, 2.24) is 19.6 Å². The molecule has 0 unspecified atom stereocenters. The fourth-order valence-corrected chi connectivity index (χ4v) is 1.84. The maximum Gasteiger partial charge on any atom is 0.348 e. The number of fused-ring (bicyclic) bond motifs is 3. The number of hydrogen-bond donors (Lipinski definition) is 1.